The van der Waals surface area contributed by atoms with E-state index in [-0.39, 0.29) is 0 Å². The van der Waals surface area contributed by atoms with Crippen LogP contribution in [0.3, 0.4) is 0 Å². The average molecular weight is 222 g/mol. The van der Waals surface area contributed by atoms with E-state index in [9.17, 15) is 0 Å². The smallest absolute Gasteiger partial charge is 0.161 e. The summed E-state index contributed by atoms with van der Waals surface area (Å²) < 4.78 is 10.6. The van der Waals surface area contributed by atoms with E-state index in [1.807, 2.05) is 31.2 Å². The van der Waals surface area contributed by atoms with Gasteiger partial charge >= 0.3 is 0 Å². The second-order valence-electron chi connectivity index (χ2n) is 3.44. The van der Waals surface area contributed by atoms with Crippen molar-refractivity contribution >= 4 is 6.08 Å². The van der Waals surface area contributed by atoms with Gasteiger partial charge in [-0.1, -0.05) is 18.2 Å². The van der Waals surface area contributed by atoms with Crippen molar-refractivity contribution < 1.29 is 14.6 Å². The normalized spacial score (nSPS) is 12.8. The van der Waals surface area contributed by atoms with Crippen LogP contribution in [-0.4, -0.2) is 24.9 Å². The van der Waals surface area contributed by atoms with Crippen LogP contribution in [0.15, 0.2) is 24.3 Å². The number of hydrogen-bond acceptors (Lipinski definition) is 3. The summed E-state index contributed by atoms with van der Waals surface area (Å²) in [6.45, 7) is 4.24. The van der Waals surface area contributed by atoms with Crippen LogP contribution >= 0.6 is 0 Å². The van der Waals surface area contributed by atoms with Crippen LogP contribution in [0, 0.1) is 0 Å². The summed E-state index contributed by atoms with van der Waals surface area (Å²) >= 11 is 0. The number of methoxy groups -OCH3 is 1. The molecule has 3 heteroatoms. The van der Waals surface area contributed by atoms with Crippen LogP contribution in [0.4, 0.5) is 0 Å². The predicted octanol–water partition coefficient (Wildman–Crippen LogP) is 2.49. The Balaban J connectivity index is 2.92. The van der Waals surface area contributed by atoms with E-state index in [1.54, 1.807) is 20.1 Å². The minimum absolute atomic E-state index is 0.447. The van der Waals surface area contributed by atoms with Crippen molar-refractivity contribution in [3.63, 3.8) is 0 Å². The third-order valence-corrected chi connectivity index (χ3v) is 2.05. The Morgan fingerprint density at radius 2 is 2.12 bits per heavy atom. The highest BCUT2D eigenvalue weighted by Crippen LogP contribution is 2.28. The SMILES string of the molecule is CCOc1cc(/C=C/C(C)O)ccc1OC. The van der Waals surface area contributed by atoms with Gasteiger partial charge in [-0.05, 0) is 31.5 Å². The molecule has 0 saturated carbocycles. The quantitative estimate of drug-likeness (QED) is 0.831. The van der Waals surface area contributed by atoms with Crippen LogP contribution in [0.5, 0.6) is 11.5 Å². The Morgan fingerprint density at radius 1 is 1.38 bits per heavy atom. The molecule has 0 aliphatic carbocycles. The molecule has 0 aromatic heterocycles. The molecule has 0 aliphatic rings. The molecular formula is C13H18O3. The second-order valence-corrected chi connectivity index (χ2v) is 3.44. The Kier molecular flexibility index (Phi) is 4.86. The third kappa shape index (κ3) is 3.59. The van der Waals surface area contributed by atoms with E-state index in [1.165, 1.54) is 0 Å². The fourth-order valence-electron chi connectivity index (χ4n) is 1.32. The first-order valence-corrected chi connectivity index (χ1v) is 5.34. The zero-order valence-corrected chi connectivity index (χ0v) is 9.93. The number of hydrogen-bond donors (Lipinski definition) is 1. The lowest BCUT2D eigenvalue weighted by atomic mass is 10.1. The molecule has 16 heavy (non-hydrogen) atoms. The minimum Gasteiger partial charge on any atom is -0.493 e. The van der Waals surface area contributed by atoms with Gasteiger partial charge in [0.25, 0.3) is 0 Å². The highest BCUT2D eigenvalue weighted by Gasteiger charge is 2.03. The monoisotopic (exact) mass is 222 g/mol. The lowest BCUT2D eigenvalue weighted by Crippen LogP contribution is -1.96. The Bertz CT molecular complexity index is 356. The van der Waals surface area contributed by atoms with Crippen LogP contribution in [0.25, 0.3) is 6.08 Å². The molecule has 1 aromatic rings. The van der Waals surface area contributed by atoms with Crippen LogP contribution in [0.2, 0.25) is 0 Å². The summed E-state index contributed by atoms with van der Waals surface area (Å²) in [7, 11) is 1.61. The van der Waals surface area contributed by atoms with Crippen molar-refractivity contribution in [2.75, 3.05) is 13.7 Å². The molecule has 0 aliphatic heterocycles. The first kappa shape index (κ1) is 12.6. The fraction of sp³-hybridized carbons (Fsp3) is 0.385. The molecule has 0 fully saturated rings. The molecule has 1 aromatic carbocycles. The Labute approximate surface area is 96.3 Å². The van der Waals surface area contributed by atoms with Gasteiger partial charge in [0.15, 0.2) is 11.5 Å². The van der Waals surface area contributed by atoms with Gasteiger partial charge in [0.05, 0.1) is 19.8 Å². The molecule has 0 heterocycles. The zero-order chi connectivity index (χ0) is 12.0. The first-order chi connectivity index (χ1) is 7.67. The van der Waals surface area contributed by atoms with Gasteiger partial charge in [0, 0.05) is 0 Å². The van der Waals surface area contributed by atoms with Crippen molar-refractivity contribution in [1.82, 2.24) is 0 Å². The predicted molar refractivity (Wildman–Crippen MR) is 64.9 cm³/mol. The van der Waals surface area contributed by atoms with Crippen molar-refractivity contribution in [2.45, 2.75) is 20.0 Å². The van der Waals surface area contributed by atoms with Crippen LogP contribution in [-0.2, 0) is 0 Å². The van der Waals surface area contributed by atoms with E-state index in [0.717, 1.165) is 17.1 Å². The maximum atomic E-state index is 9.14. The maximum Gasteiger partial charge on any atom is 0.161 e. The largest absolute Gasteiger partial charge is 0.493 e. The molecule has 1 unspecified atom stereocenters. The summed E-state index contributed by atoms with van der Waals surface area (Å²) in [5.41, 5.74) is 0.977. The third-order valence-electron chi connectivity index (χ3n) is 2.05. The topological polar surface area (TPSA) is 38.7 Å². The highest BCUT2D eigenvalue weighted by molar-refractivity contribution is 5.56. The van der Waals surface area contributed by atoms with Gasteiger partial charge < -0.3 is 14.6 Å². The fourth-order valence-corrected chi connectivity index (χ4v) is 1.32. The number of rotatable bonds is 5. The van der Waals surface area contributed by atoms with E-state index in [2.05, 4.69) is 0 Å². The molecular weight excluding hydrogens is 204 g/mol. The van der Waals surface area contributed by atoms with Gasteiger partial charge in [-0.3, -0.25) is 0 Å². The van der Waals surface area contributed by atoms with Gasteiger partial charge in [-0.25, -0.2) is 0 Å². The van der Waals surface area contributed by atoms with E-state index in [0.29, 0.717) is 6.61 Å². The number of aliphatic hydroxyl groups is 1. The zero-order valence-electron chi connectivity index (χ0n) is 9.93. The lowest BCUT2D eigenvalue weighted by molar-refractivity contribution is 0.245. The Morgan fingerprint density at radius 3 is 2.69 bits per heavy atom. The molecule has 88 valence electrons. The number of ether oxygens (including phenoxy) is 2. The summed E-state index contributed by atoms with van der Waals surface area (Å²) in [6, 6.07) is 5.66. The van der Waals surface area contributed by atoms with E-state index >= 15 is 0 Å². The molecule has 0 saturated heterocycles. The Hall–Kier alpha value is -1.48. The van der Waals surface area contributed by atoms with Crippen molar-refractivity contribution in [3.05, 3.63) is 29.8 Å². The van der Waals surface area contributed by atoms with Crippen molar-refractivity contribution in [3.8, 4) is 11.5 Å². The standard InChI is InChI=1S/C13H18O3/c1-4-16-13-9-11(6-5-10(2)14)7-8-12(13)15-3/h5-10,14H,4H2,1-3H3/b6-5+. The summed E-state index contributed by atoms with van der Waals surface area (Å²) in [5, 5.41) is 9.14. The molecule has 1 atom stereocenters. The molecule has 0 amide bonds. The van der Waals surface area contributed by atoms with Crippen LogP contribution in [0.1, 0.15) is 19.4 Å². The maximum absolute atomic E-state index is 9.14. The van der Waals surface area contributed by atoms with Crippen LogP contribution < -0.4 is 9.47 Å². The molecule has 0 radical (unpaired) electrons. The first-order valence-electron chi connectivity index (χ1n) is 5.34. The average Bonchev–Trinajstić information content (AvgIpc) is 2.27. The summed E-state index contributed by atoms with van der Waals surface area (Å²) in [4.78, 5) is 0. The van der Waals surface area contributed by atoms with Crippen molar-refractivity contribution in [2.24, 2.45) is 0 Å². The van der Waals surface area contributed by atoms with Gasteiger partial charge in [0.1, 0.15) is 0 Å². The molecule has 3 nitrogen and oxygen atoms in total. The lowest BCUT2D eigenvalue weighted by Gasteiger charge is -2.09. The molecule has 0 spiro atoms. The van der Waals surface area contributed by atoms with E-state index in [4.69, 9.17) is 14.6 Å². The molecule has 0 bridgehead atoms. The van der Waals surface area contributed by atoms with Gasteiger partial charge in [-0.2, -0.15) is 0 Å². The van der Waals surface area contributed by atoms with Gasteiger partial charge in [0.2, 0.25) is 0 Å². The van der Waals surface area contributed by atoms with Crippen molar-refractivity contribution in [1.29, 1.82) is 0 Å². The minimum atomic E-state index is -0.447. The summed E-state index contributed by atoms with van der Waals surface area (Å²) in [6.07, 6.45) is 3.13. The number of benzene rings is 1. The van der Waals surface area contributed by atoms with Gasteiger partial charge in [-0.15, -0.1) is 0 Å². The van der Waals surface area contributed by atoms with E-state index < -0.39 is 6.10 Å². The summed E-state index contributed by atoms with van der Waals surface area (Å²) in [5.74, 6) is 1.44. The highest BCUT2D eigenvalue weighted by atomic mass is 16.5. The molecule has 1 rings (SSSR count). The second kappa shape index (κ2) is 6.18. The number of aliphatic hydroxyl groups excluding tert-OH is 1. The molecule has 1 N–H and O–H groups in total.